The molecule has 0 aliphatic carbocycles. The normalized spacial score (nSPS) is 18.7. The quantitative estimate of drug-likeness (QED) is 0.341. The molecule has 2 heterocycles. The van der Waals surface area contributed by atoms with E-state index >= 15 is 0 Å². The molecule has 2 aliphatic rings. The highest BCUT2D eigenvalue weighted by molar-refractivity contribution is 5.34. The topological polar surface area (TPSA) is 58.5 Å². The fourth-order valence-electron chi connectivity index (χ4n) is 4.96. The van der Waals surface area contributed by atoms with Crippen molar-refractivity contribution in [2.75, 3.05) is 26.2 Å². The largest absolute Gasteiger partial charge is 0.416 e. The van der Waals surface area contributed by atoms with E-state index in [4.69, 9.17) is 11.5 Å². The molecule has 0 bridgehead atoms. The molecule has 44 heavy (non-hydrogen) atoms. The second-order valence-electron chi connectivity index (χ2n) is 11.1. The Morgan fingerprint density at radius 1 is 0.455 bits per heavy atom. The molecule has 16 heteroatoms. The minimum absolute atomic E-state index is 0.0117. The van der Waals surface area contributed by atoms with Crippen molar-refractivity contribution in [2.24, 2.45) is 11.5 Å². The van der Waals surface area contributed by atoms with Gasteiger partial charge in [-0.2, -0.15) is 52.7 Å². The van der Waals surface area contributed by atoms with Crippen molar-refractivity contribution in [1.29, 1.82) is 0 Å². The van der Waals surface area contributed by atoms with E-state index in [0.29, 0.717) is 51.9 Å². The van der Waals surface area contributed by atoms with E-state index in [2.05, 4.69) is 0 Å². The summed E-state index contributed by atoms with van der Waals surface area (Å²) in [6, 6.07) is 3.51. The van der Waals surface area contributed by atoms with E-state index in [0.717, 1.165) is 24.3 Å². The molecular weight excluding hydrogens is 620 g/mol. The van der Waals surface area contributed by atoms with Crippen LogP contribution in [0.2, 0.25) is 0 Å². The molecule has 2 aromatic rings. The van der Waals surface area contributed by atoms with Crippen LogP contribution >= 0.6 is 0 Å². The van der Waals surface area contributed by atoms with Crippen molar-refractivity contribution in [3.05, 3.63) is 69.8 Å². The summed E-state index contributed by atoms with van der Waals surface area (Å²) in [6.45, 7) is 2.38. The second-order valence-corrected chi connectivity index (χ2v) is 11.1. The van der Waals surface area contributed by atoms with Crippen molar-refractivity contribution in [1.82, 2.24) is 9.80 Å². The van der Waals surface area contributed by atoms with Gasteiger partial charge in [0.1, 0.15) is 0 Å². The molecule has 2 aromatic carbocycles. The maximum absolute atomic E-state index is 12.8. The summed E-state index contributed by atoms with van der Waals surface area (Å²) >= 11 is 0. The number of likely N-dealkylation sites (tertiary alicyclic amines) is 2. The van der Waals surface area contributed by atoms with Gasteiger partial charge in [0.05, 0.1) is 22.3 Å². The number of rotatable bonds is 4. The third kappa shape index (κ3) is 10.8. The summed E-state index contributed by atoms with van der Waals surface area (Å²) in [5.41, 5.74) is 6.39. The first-order valence-corrected chi connectivity index (χ1v) is 13.6. The molecule has 0 spiro atoms. The highest BCUT2D eigenvalue weighted by atomic mass is 19.4. The Morgan fingerprint density at radius 2 is 0.682 bits per heavy atom. The molecule has 2 aliphatic heterocycles. The summed E-state index contributed by atoms with van der Waals surface area (Å²) in [6.07, 6.45) is -16.5. The Bertz CT molecular complexity index is 1060. The van der Waals surface area contributed by atoms with E-state index in [1.165, 1.54) is 0 Å². The molecule has 0 saturated carbocycles. The lowest BCUT2D eigenvalue weighted by molar-refractivity contribution is -0.144. The zero-order chi connectivity index (χ0) is 33.1. The van der Waals surface area contributed by atoms with Gasteiger partial charge in [-0.1, -0.05) is 0 Å². The fourth-order valence-corrected chi connectivity index (χ4v) is 4.96. The minimum Gasteiger partial charge on any atom is -0.328 e. The molecule has 4 rings (SSSR count). The summed E-state index contributed by atoms with van der Waals surface area (Å²) in [5, 5.41) is 0. The first-order chi connectivity index (χ1) is 20.1. The molecule has 248 valence electrons. The van der Waals surface area contributed by atoms with E-state index in [9.17, 15) is 52.7 Å². The Hall–Kier alpha value is -2.56. The number of nitrogens with two attached hydrogens (primary N) is 2. The SMILES string of the molecule is NC1CCN(Cc2cc(C(F)(F)F)cc(C(F)(F)F)c2)CC1.NC1CCN(Cc2cc(C(F)(F)F)cc(C(F)(F)F)c2)CC1. The van der Waals surface area contributed by atoms with Gasteiger partial charge in [0, 0.05) is 25.2 Å². The van der Waals surface area contributed by atoms with Crippen LogP contribution in [0.25, 0.3) is 0 Å². The number of piperidine rings is 2. The maximum atomic E-state index is 12.8. The van der Waals surface area contributed by atoms with Crippen LogP contribution in [-0.2, 0) is 37.8 Å². The summed E-state index contributed by atoms with van der Waals surface area (Å²) in [5.74, 6) is 0. The summed E-state index contributed by atoms with van der Waals surface area (Å²) in [7, 11) is 0. The summed E-state index contributed by atoms with van der Waals surface area (Å²) in [4.78, 5) is 3.64. The highest BCUT2D eigenvalue weighted by Crippen LogP contribution is 2.38. The van der Waals surface area contributed by atoms with Crippen molar-refractivity contribution in [2.45, 2.75) is 75.6 Å². The summed E-state index contributed by atoms with van der Waals surface area (Å²) < 4.78 is 153. The third-order valence-corrected chi connectivity index (χ3v) is 7.37. The molecule has 0 atom stereocenters. The highest BCUT2D eigenvalue weighted by Gasteiger charge is 2.38. The van der Waals surface area contributed by atoms with Crippen LogP contribution in [0, 0.1) is 0 Å². The molecule has 2 fully saturated rings. The van der Waals surface area contributed by atoms with Crippen molar-refractivity contribution < 1.29 is 52.7 Å². The monoisotopic (exact) mass is 652 g/mol. The number of alkyl halides is 12. The average molecular weight is 653 g/mol. The molecule has 0 amide bonds. The third-order valence-electron chi connectivity index (χ3n) is 7.37. The van der Waals surface area contributed by atoms with Crippen molar-refractivity contribution >= 4 is 0 Å². The van der Waals surface area contributed by atoms with Gasteiger partial charge < -0.3 is 11.5 Å². The average Bonchev–Trinajstić information content (AvgIpc) is 2.89. The van der Waals surface area contributed by atoms with Crippen LogP contribution in [0.1, 0.15) is 59.1 Å². The molecule has 4 nitrogen and oxygen atoms in total. The molecule has 0 unspecified atom stereocenters. The Kier molecular flexibility index (Phi) is 11.3. The van der Waals surface area contributed by atoms with Crippen LogP contribution in [0.15, 0.2) is 36.4 Å². The van der Waals surface area contributed by atoms with Crippen LogP contribution in [0.4, 0.5) is 52.7 Å². The van der Waals surface area contributed by atoms with Crippen LogP contribution in [0.3, 0.4) is 0 Å². The Morgan fingerprint density at radius 3 is 0.886 bits per heavy atom. The van der Waals surface area contributed by atoms with Gasteiger partial charge in [-0.15, -0.1) is 0 Å². The van der Waals surface area contributed by atoms with Gasteiger partial charge in [0.15, 0.2) is 0 Å². The lowest BCUT2D eigenvalue weighted by Gasteiger charge is -2.30. The first-order valence-electron chi connectivity index (χ1n) is 13.6. The van der Waals surface area contributed by atoms with Gasteiger partial charge in [-0.3, -0.25) is 9.80 Å². The first kappa shape index (κ1) is 35.9. The molecule has 4 N–H and O–H groups in total. The van der Waals surface area contributed by atoms with E-state index in [1.807, 2.05) is 9.80 Å². The number of hydrogen-bond donors (Lipinski definition) is 2. The van der Waals surface area contributed by atoms with E-state index in [-0.39, 0.29) is 48.4 Å². The lowest BCUT2D eigenvalue weighted by atomic mass is 10.0. The van der Waals surface area contributed by atoms with E-state index < -0.39 is 47.0 Å². The van der Waals surface area contributed by atoms with Crippen molar-refractivity contribution in [3.8, 4) is 0 Å². The maximum Gasteiger partial charge on any atom is 0.416 e. The van der Waals surface area contributed by atoms with Gasteiger partial charge in [0.2, 0.25) is 0 Å². The molecule has 0 aromatic heterocycles. The predicted molar refractivity (Wildman–Crippen MR) is 138 cm³/mol. The zero-order valence-electron chi connectivity index (χ0n) is 23.3. The van der Waals surface area contributed by atoms with Gasteiger partial charge >= 0.3 is 24.7 Å². The molecule has 0 radical (unpaired) electrons. The van der Waals surface area contributed by atoms with Gasteiger partial charge in [0.25, 0.3) is 0 Å². The van der Waals surface area contributed by atoms with Crippen molar-refractivity contribution in [3.63, 3.8) is 0 Å². The lowest BCUT2D eigenvalue weighted by Crippen LogP contribution is -2.39. The predicted octanol–water partition coefficient (Wildman–Crippen LogP) is 7.29. The van der Waals surface area contributed by atoms with E-state index in [1.54, 1.807) is 0 Å². The Balaban J connectivity index is 0.000000240. The zero-order valence-corrected chi connectivity index (χ0v) is 23.3. The number of halogens is 12. The number of benzene rings is 2. The van der Waals surface area contributed by atoms with Crippen LogP contribution < -0.4 is 11.5 Å². The second kappa shape index (κ2) is 13.8. The standard InChI is InChI=1S/2C14H16F6N2/c2*15-13(16,17)10-5-9(6-11(7-10)14(18,19)20)8-22-3-1-12(21)2-4-22/h2*5-7,12H,1-4,8,21H2. The number of hydrogen-bond acceptors (Lipinski definition) is 4. The fraction of sp³-hybridized carbons (Fsp3) is 0.571. The molecule has 2 saturated heterocycles. The molecular formula is C28H32F12N4. The van der Waals surface area contributed by atoms with Gasteiger partial charge in [-0.05, 0) is 99.4 Å². The van der Waals surface area contributed by atoms with Crippen LogP contribution in [-0.4, -0.2) is 48.1 Å². The van der Waals surface area contributed by atoms with Crippen LogP contribution in [0.5, 0.6) is 0 Å². The Labute approximate surface area is 246 Å². The minimum atomic E-state index is -4.81. The smallest absolute Gasteiger partial charge is 0.328 e. The number of nitrogens with zero attached hydrogens (tertiary/aromatic N) is 2. The van der Waals surface area contributed by atoms with Gasteiger partial charge in [-0.25, -0.2) is 0 Å².